The van der Waals surface area contributed by atoms with Gasteiger partial charge in [0.1, 0.15) is 0 Å². The molecule has 3 aromatic heterocycles. The van der Waals surface area contributed by atoms with Crippen LogP contribution in [0, 0.1) is 6.92 Å². The summed E-state index contributed by atoms with van der Waals surface area (Å²) >= 11 is 0. The molecule has 5 rings (SSSR count). The number of nitrogens with zero attached hydrogens (tertiary/aromatic N) is 5. The van der Waals surface area contributed by atoms with Crippen molar-refractivity contribution in [2.24, 2.45) is 7.05 Å². The molecule has 0 saturated carbocycles. The maximum atomic E-state index is 13.2. The summed E-state index contributed by atoms with van der Waals surface area (Å²) in [5.74, 6) is 0. The molecule has 0 radical (unpaired) electrons. The lowest BCUT2D eigenvalue weighted by Gasteiger charge is -2.32. The Labute approximate surface area is 175 Å². The first-order valence-corrected chi connectivity index (χ1v) is 10.7. The molecule has 0 spiro atoms. The third kappa shape index (κ3) is 3.21. The summed E-state index contributed by atoms with van der Waals surface area (Å²) in [6.07, 6.45) is 7.78. The summed E-state index contributed by atoms with van der Waals surface area (Å²) in [5, 5.41) is 7.26. The number of hydrogen-bond acceptors (Lipinski definition) is 4. The normalized spacial score (nSPS) is 16.0. The van der Waals surface area contributed by atoms with Gasteiger partial charge in [0.15, 0.2) is 0 Å². The van der Waals surface area contributed by atoms with Crippen molar-refractivity contribution >= 4 is 21.7 Å². The molecule has 6 heteroatoms. The van der Waals surface area contributed by atoms with Gasteiger partial charge in [0.05, 0.1) is 16.6 Å². The second-order valence-corrected chi connectivity index (χ2v) is 8.38. The maximum absolute atomic E-state index is 13.2. The van der Waals surface area contributed by atoms with E-state index in [0.717, 1.165) is 65.6 Å². The first kappa shape index (κ1) is 19.0. The number of pyridine rings is 2. The van der Waals surface area contributed by atoms with Gasteiger partial charge in [-0.15, -0.1) is 0 Å². The molecule has 1 fully saturated rings. The Bertz CT molecular complexity index is 1290. The highest BCUT2D eigenvalue weighted by atomic mass is 16.1. The number of fused-ring (bicyclic) bond motifs is 2. The lowest BCUT2D eigenvalue weighted by Crippen LogP contribution is -2.37. The maximum Gasteiger partial charge on any atom is 0.260 e. The van der Waals surface area contributed by atoms with E-state index in [0.29, 0.717) is 5.39 Å². The molecule has 0 aliphatic carbocycles. The Hall–Kier alpha value is -2.99. The highest BCUT2D eigenvalue weighted by Crippen LogP contribution is 2.28. The highest BCUT2D eigenvalue weighted by Gasteiger charge is 2.21. The molecule has 0 atom stereocenters. The van der Waals surface area contributed by atoms with Gasteiger partial charge in [0.25, 0.3) is 5.56 Å². The van der Waals surface area contributed by atoms with Gasteiger partial charge in [-0.3, -0.25) is 14.5 Å². The van der Waals surface area contributed by atoms with Crippen LogP contribution in [0.5, 0.6) is 0 Å². The fourth-order valence-corrected chi connectivity index (χ4v) is 4.69. The van der Waals surface area contributed by atoms with Crippen LogP contribution in [-0.2, 0) is 7.05 Å². The summed E-state index contributed by atoms with van der Waals surface area (Å²) in [7, 11) is 1.94. The van der Waals surface area contributed by atoms with E-state index in [1.54, 1.807) is 6.20 Å². The fraction of sp³-hybridized carbons (Fsp3) is 0.375. The molecule has 0 amide bonds. The van der Waals surface area contributed by atoms with Crippen molar-refractivity contribution < 1.29 is 0 Å². The van der Waals surface area contributed by atoms with Crippen LogP contribution in [0.3, 0.4) is 0 Å². The van der Waals surface area contributed by atoms with Crippen molar-refractivity contribution in [1.82, 2.24) is 24.2 Å². The molecule has 1 aromatic carbocycles. The lowest BCUT2D eigenvalue weighted by molar-refractivity contribution is 0.193. The zero-order valence-electron chi connectivity index (χ0n) is 17.8. The number of aryl methyl sites for hydroxylation is 2. The minimum Gasteiger partial charge on any atom is -0.312 e. The fourth-order valence-electron chi connectivity index (χ4n) is 4.69. The number of rotatable bonds is 3. The molecule has 4 aromatic rings. The lowest BCUT2D eigenvalue weighted by atomic mass is 10.0. The van der Waals surface area contributed by atoms with Crippen LogP contribution in [0.15, 0.2) is 47.7 Å². The van der Waals surface area contributed by atoms with E-state index in [1.807, 2.05) is 34.8 Å². The van der Waals surface area contributed by atoms with Gasteiger partial charge in [0.2, 0.25) is 0 Å². The van der Waals surface area contributed by atoms with E-state index in [9.17, 15) is 4.79 Å². The Kier molecular flexibility index (Phi) is 4.66. The van der Waals surface area contributed by atoms with Crippen LogP contribution < -0.4 is 5.56 Å². The standard InChI is InChI=1S/C24H27N5O/c1-4-28-8-6-20(7-9-28)29-10-5-17-13-22(25-14-21(17)24(29)30)18-11-16(2)23-19(12-18)15-27(3)26-23/h5,10-15,20H,4,6-9H2,1-3H3. The smallest absolute Gasteiger partial charge is 0.260 e. The molecular weight excluding hydrogens is 374 g/mol. The van der Waals surface area contributed by atoms with Crippen LogP contribution in [-0.4, -0.2) is 43.9 Å². The largest absolute Gasteiger partial charge is 0.312 e. The van der Waals surface area contributed by atoms with E-state index in [1.165, 1.54) is 0 Å². The molecule has 0 unspecified atom stereocenters. The van der Waals surface area contributed by atoms with Crippen molar-refractivity contribution in [1.29, 1.82) is 0 Å². The van der Waals surface area contributed by atoms with Crippen molar-refractivity contribution in [2.45, 2.75) is 32.7 Å². The zero-order chi connectivity index (χ0) is 20.8. The minimum absolute atomic E-state index is 0.0698. The number of likely N-dealkylation sites (tertiary alicyclic amines) is 1. The molecule has 6 nitrogen and oxygen atoms in total. The van der Waals surface area contributed by atoms with E-state index in [-0.39, 0.29) is 11.6 Å². The van der Waals surface area contributed by atoms with E-state index in [2.05, 4.69) is 47.0 Å². The van der Waals surface area contributed by atoms with E-state index >= 15 is 0 Å². The van der Waals surface area contributed by atoms with Gasteiger partial charge in [0, 0.05) is 55.7 Å². The van der Waals surface area contributed by atoms with Gasteiger partial charge in [-0.25, -0.2) is 0 Å². The van der Waals surface area contributed by atoms with Crippen molar-refractivity contribution in [2.75, 3.05) is 19.6 Å². The Morgan fingerprint density at radius 1 is 1.13 bits per heavy atom. The van der Waals surface area contributed by atoms with Crippen molar-refractivity contribution in [3.8, 4) is 11.3 Å². The first-order valence-electron chi connectivity index (χ1n) is 10.7. The highest BCUT2D eigenvalue weighted by molar-refractivity contribution is 5.89. The van der Waals surface area contributed by atoms with Gasteiger partial charge in [-0.05, 0) is 61.5 Å². The van der Waals surface area contributed by atoms with Crippen molar-refractivity contribution in [3.63, 3.8) is 0 Å². The third-order valence-electron chi connectivity index (χ3n) is 6.42. The second-order valence-electron chi connectivity index (χ2n) is 8.38. The second kappa shape index (κ2) is 7.36. The Morgan fingerprint density at radius 2 is 1.93 bits per heavy atom. The summed E-state index contributed by atoms with van der Waals surface area (Å²) in [4.78, 5) is 20.3. The molecule has 1 saturated heterocycles. The summed E-state index contributed by atoms with van der Waals surface area (Å²) in [6, 6.07) is 8.60. The number of benzene rings is 1. The van der Waals surface area contributed by atoms with Gasteiger partial charge < -0.3 is 9.47 Å². The van der Waals surface area contributed by atoms with Crippen LogP contribution in [0.2, 0.25) is 0 Å². The quantitative estimate of drug-likeness (QED) is 0.522. The van der Waals surface area contributed by atoms with Crippen LogP contribution in [0.1, 0.15) is 31.4 Å². The van der Waals surface area contributed by atoms with Gasteiger partial charge in [-0.1, -0.05) is 6.92 Å². The summed E-state index contributed by atoms with van der Waals surface area (Å²) < 4.78 is 3.76. The average Bonchev–Trinajstić information content (AvgIpc) is 3.15. The minimum atomic E-state index is 0.0698. The summed E-state index contributed by atoms with van der Waals surface area (Å²) in [5.41, 5.74) is 4.13. The number of hydrogen-bond donors (Lipinski definition) is 0. The molecule has 1 aliphatic heterocycles. The molecule has 0 N–H and O–H groups in total. The third-order valence-corrected chi connectivity index (χ3v) is 6.42. The Morgan fingerprint density at radius 3 is 2.70 bits per heavy atom. The monoisotopic (exact) mass is 401 g/mol. The predicted molar refractivity (Wildman–Crippen MR) is 121 cm³/mol. The zero-order valence-corrected chi connectivity index (χ0v) is 17.8. The topological polar surface area (TPSA) is 56.0 Å². The molecule has 30 heavy (non-hydrogen) atoms. The van der Waals surface area contributed by atoms with Crippen molar-refractivity contribution in [3.05, 3.63) is 58.8 Å². The predicted octanol–water partition coefficient (Wildman–Crippen LogP) is 3.92. The summed E-state index contributed by atoms with van der Waals surface area (Å²) in [6.45, 7) is 7.45. The van der Waals surface area contributed by atoms with Gasteiger partial charge in [-0.2, -0.15) is 5.10 Å². The van der Waals surface area contributed by atoms with Gasteiger partial charge >= 0.3 is 0 Å². The van der Waals surface area contributed by atoms with Crippen LogP contribution in [0.25, 0.3) is 32.9 Å². The van der Waals surface area contributed by atoms with E-state index in [4.69, 9.17) is 0 Å². The van der Waals surface area contributed by atoms with Crippen LogP contribution >= 0.6 is 0 Å². The van der Waals surface area contributed by atoms with E-state index < -0.39 is 0 Å². The number of piperidine rings is 1. The number of aromatic nitrogens is 4. The Balaban J connectivity index is 1.52. The van der Waals surface area contributed by atoms with Crippen LogP contribution in [0.4, 0.5) is 0 Å². The SMILES string of the molecule is CCN1CCC(n2ccc3cc(-c4cc(C)c5nn(C)cc5c4)ncc3c2=O)CC1. The molecule has 4 heterocycles. The molecule has 0 bridgehead atoms. The molecular formula is C24H27N5O. The average molecular weight is 402 g/mol. The molecule has 1 aliphatic rings. The first-order chi connectivity index (χ1) is 14.5. The molecule has 154 valence electrons.